The van der Waals surface area contributed by atoms with Crippen LogP contribution in [0.2, 0.25) is 5.02 Å². The summed E-state index contributed by atoms with van der Waals surface area (Å²) in [6.45, 7) is 6.32. The van der Waals surface area contributed by atoms with E-state index in [-0.39, 0.29) is 5.69 Å². The molecule has 1 aliphatic rings. The van der Waals surface area contributed by atoms with E-state index in [1.54, 1.807) is 12.1 Å². The maximum Gasteiger partial charge on any atom is 0.269 e. The van der Waals surface area contributed by atoms with Crippen molar-refractivity contribution in [2.45, 2.75) is 39.3 Å². The van der Waals surface area contributed by atoms with Crippen molar-refractivity contribution in [2.75, 3.05) is 6.54 Å². The Morgan fingerprint density at radius 1 is 1.42 bits per heavy atom. The van der Waals surface area contributed by atoms with Crippen LogP contribution in [-0.4, -0.2) is 26.3 Å². The van der Waals surface area contributed by atoms with Crippen molar-refractivity contribution >= 4 is 17.3 Å². The van der Waals surface area contributed by atoms with Crippen molar-refractivity contribution < 1.29 is 4.92 Å². The van der Waals surface area contributed by atoms with Gasteiger partial charge in [0.05, 0.1) is 4.92 Å². The fourth-order valence-corrected chi connectivity index (χ4v) is 3.02. The summed E-state index contributed by atoms with van der Waals surface area (Å²) in [5.74, 6) is 1.20. The Hall–Kier alpha value is -2.05. The summed E-state index contributed by atoms with van der Waals surface area (Å²) in [5, 5.41) is 11.5. The molecule has 0 unspecified atom stereocenters. The first-order valence-corrected chi connectivity index (χ1v) is 8.31. The number of hydrogen-bond donors (Lipinski definition) is 0. The first-order chi connectivity index (χ1) is 11.4. The summed E-state index contributed by atoms with van der Waals surface area (Å²) in [7, 11) is 0. The van der Waals surface area contributed by atoms with E-state index in [0.29, 0.717) is 17.5 Å². The van der Waals surface area contributed by atoms with Gasteiger partial charge in [0.15, 0.2) is 0 Å². The topological polar surface area (TPSA) is 72.2 Å². The normalized spacial score (nSPS) is 14.7. The molecule has 0 amide bonds. The van der Waals surface area contributed by atoms with Gasteiger partial charge in [-0.1, -0.05) is 25.4 Å². The van der Waals surface area contributed by atoms with E-state index < -0.39 is 4.92 Å². The summed E-state index contributed by atoms with van der Waals surface area (Å²) in [6.07, 6.45) is 2.75. The molecule has 24 heavy (non-hydrogen) atoms. The molecule has 3 rings (SSSR count). The lowest BCUT2D eigenvalue weighted by atomic mass is 10.1. The smallest absolute Gasteiger partial charge is 0.269 e. The van der Waals surface area contributed by atoms with Crippen LogP contribution in [0.25, 0.3) is 0 Å². The first-order valence-electron chi connectivity index (χ1n) is 7.94. The van der Waals surface area contributed by atoms with Gasteiger partial charge >= 0.3 is 0 Å². The lowest BCUT2D eigenvalue weighted by Crippen LogP contribution is -2.31. The van der Waals surface area contributed by atoms with E-state index in [0.717, 1.165) is 42.2 Å². The Morgan fingerprint density at radius 2 is 2.21 bits per heavy atom. The zero-order valence-electron chi connectivity index (χ0n) is 13.7. The van der Waals surface area contributed by atoms with Crippen LogP contribution in [0.3, 0.4) is 0 Å². The van der Waals surface area contributed by atoms with Crippen LogP contribution >= 0.6 is 11.6 Å². The second-order valence-electron chi connectivity index (χ2n) is 6.35. The second kappa shape index (κ2) is 6.83. The number of halogens is 1. The molecule has 0 saturated carbocycles. The second-order valence-corrected chi connectivity index (χ2v) is 6.76. The number of fused-ring (bicyclic) bond motifs is 1. The van der Waals surface area contributed by atoms with Crippen LogP contribution in [0.4, 0.5) is 5.69 Å². The average molecular weight is 347 g/mol. The van der Waals surface area contributed by atoms with Crippen molar-refractivity contribution in [1.29, 1.82) is 0 Å². The van der Waals surface area contributed by atoms with Gasteiger partial charge < -0.3 is 0 Å². The van der Waals surface area contributed by atoms with E-state index >= 15 is 0 Å². The van der Waals surface area contributed by atoms with E-state index in [2.05, 4.69) is 28.7 Å². The van der Waals surface area contributed by atoms with Crippen LogP contribution in [-0.2, 0) is 19.5 Å². The Morgan fingerprint density at radius 3 is 2.92 bits per heavy atom. The van der Waals surface area contributed by atoms with Crippen molar-refractivity contribution in [3.05, 3.63) is 62.2 Å². The Balaban J connectivity index is 1.77. The zero-order chi connectivity index (χ0) is 17.3. The zero-order valence-corrected chi connectivity index (χ0v) is 14.5. The van der Waals surface area contributed by atoms with E-state index in [1.165, 1.54) is 6.07 Å². The number of non-ortho nitro benzene ring substituents is 1. The predicted molar refractivity (Wildman–Crippen MR) is 92.0 cm³/mol. The minimum Gasteiger partial charge on any atom is -0.294 e. The molecule has 0 bridgehead atoms. The molecule has 7 heteroatoms. The number of benzene rings is 1. The quantitative estimate of drug-likeness (QED) is 0.623. The highest BCUT2D eigenvalue weighted by molar-refractivity contribution is 6.31. The molecule has 0 spiro atoms. The fraction of sp³-hybridized carbons (Fsp3) is 0.412. The number of nitro groups is 1. The molecule has 2 aromatic rings. The minimum atomic E-state index is -0.396. The van der Waals surface area contributed by atoms with Crippen molar-refractivity contribution in [2.24, 2.45) is 0 Å². The molecule has 0 N–H and O–H groups in total. The van der Waals surface area contributed by atoms with Gasteiger partial charge in [0, 0.05) is 66.6 Å². The van der Waals surface area contributed by atoms with E-state index in [9.17, 15) is 10.1 Å². The molecule has 0 fully saturated rings. The molecule has 0 aliphatic carbocycles. The SMILES string of the molecule is CC(C)c1ncc2c(n1)CCN(Cc1cc([N+](=O)[O-])ccc1Cl)C2. The highest BCUT2D eigenvalue weighted by atomic mass is 35.5. The van der Waals surface area contributed by atoms with Gasteiger partial charge in [-0.15, -0.1) is 0 Å². The third-order valence-electron chi connectivity index (χ3n) is 4.18. The molecule has 2 heterocycles. The summed E-state index contributed by atoms with van der Waals surface area (Å²) in [6, 6.07) is 4.57. The van der Waals surface area contributed by atoms with Crippen LogP contribution < -0.4 is 0 Å². The van der Waals surface area contributed by atoms with Crippen LogP contribution in [0.5, 0.6) is 0 Å². The maximum absolute atomic E-state index is 10.9. The van der Waals surface area contributed by atoms with Gasteiger partial charge in [0.25, 0.3) is 5.69 Å². The number of nitro benzene ring substituents is 1. The van der Waals surface area contributed by atoms with E-state index in [1.807, 2.05) is 6.20 Å². The summed E-state index contributed by atoms with van der Waals surface area (Å²) in [4.78, 5) is 21.8. The molecule has 0 saturated heterocycles. The average Bonchev–Trinajstić information content (AvgIpc) is 2.56. The maximum atomic E-state index is 10.9. The molecular formula is C17H19ClN4O2. The number of nitrogens with zero attached hydrogens (tertiary/aromatic N) is 4. The van der Waals surface area contributed by atoms with Crippen molar-refractivity contribution in [1.82, 2.24) is 14.9 Å². The van der Waals surface area contributed by atoms with Gasteiger partial charge in [0.2, 0.25) is 0 Å². The van der Waals surface area contributed by atoms with Gasteiger partial charge in [-0.2, -0.15) is 0 Å². The Bertz CT molecular complexity index is 779. The Kier molecular flexibility index (Phi) is 4.78. The fourth-order valence-electron chi connectivity index (χ4n) is 2.84. The molecule has 1 aromatic carbocycles. The van der Waals surface area contributed by atoms with Crippen molar-refractivity contribution in [3.8, 4) is 0 Å². The van der Waals surface area contributed by atoms with Gasteiger partial charge in [-0.25, -0.2) is 9.97 Å². The predicted octanol–water partition coefficient (Wildman–Crippen LogP) is 3.72. The van der Waals surface area contributed by atoms with Gasteiger partial charge in [-0.3, -0.25) is 15.0 Å². The molecule has 126 valence electrons. The van der Waals surface area contributed by atoms with Crippen molar-refractivity contribution in [3.63, 3.8) is 0 Å². The lowest BCUT2D eigenvalue weighted by Gasteiger charge is -2.28. The summed E-state index contributed by atoms with van der Waals surface area (Å²) in [5.41, 5.74) is 3.06. The van der Waals surface area contributed by atoms with Crippen LogP contribution in [0, 0.1) is 10.1 Å². The third kappa shape index (κ3) is 3.55. The third-order valence-corrected chi connectivity index (χ3v) is 4.55. The van der Waals surface area contributed by atoms with Crippen LogP contribution in [0.1, 0.15) is 42.4 Å². The monoisotopic (exact) mass is 346 g/mol. The highest BCUT2D eigenvalue weighted by Gasteiger charge is 2.20. The first kappa shape index (κ1) is 16.8. The Labute approximate surface area is 145 Å². The molecule has 0 radical (unpaired) electrons. The van der Waals surface area contributed by atoms with Gasteiger partial charge in [0.1, 0.15) is 5.82 Å². The summed E-state index contributed by atoms with van der Waals surface area (Å²) < 4.78 is 0. The molecule has 1 aromatic heterocycles. The van der Waals surface area contributed by atoms with Crippen LogP contribution in [0.15, 0.2) is 24.4 Å². The highest BCUT2D eigenvalue weighted by Crippen LogP contribution is 2.26. The standard InChI is InChI=1S/C17H19ClN4O2/c1-11(2)17-19-8-13-10-21(6-5-16(13)20-17)9-12-7-14(22(23)24)3-4-15(12)18/h3-4,7-8,11H,5-6,9-10H2,1-2H3. The molecule has 6 nitrogen and oxygen atoms in total. The molecular weight excluding hydrogens is 328 g/mol. The molecule has 1 aliphatic heterocycles. The van der Waals surface area contributed by atoms with Gasteiger partial charge in [-0.05, 0) is 11.6 Å². The van der Waals surface area contributed by atoms with E-state index in [4.69, 9.17) is 11.6 Å². The minimum absolute atomic E-state index is 0.0664. The largest absolute Gasteiger partial charge is 0.294 e. The number of aromatic nitrogens is 2. The number of hydrogen-bond acceptors (Lipinski definition) is 5. The number of rotatable bonds is 4. The summed E-state index contributed by atoms with van der Waals surface area (Å²) >= 11 is 6.20. The molecule has 0 atom stereocenters. The lowest BCUT2D eigenvalue weighted by molar-refractivity contribution is -0.384.